The Hall–Kier alpha value is -3.02. The molecule has 1 atom stereocenters. The Balaban J connectivity index is 1.61. The van der Waals surface area contributed by atoms with E-state index in [1.54, 1.807) is 49.4 Å². The van der Waals surface area contributed by atoms with Gasteiger partial charge in [-0.3, -0.25) is 9.59 Å². The summed E-state index contributed by atoms with van der Waals surface area (Å²) in [7, 11) is 0. The van der Waals surface area contributed by atoms with Gasteiger partial charge in [0.2, 0.25) is 5.91 Å². The molecule has 0 aliphatic carbocycles. The van der Waals surface area contributed by atoms with Crippen molar-refractivity contribution < 1.29 is 19.1 Å². The minimum atomic E-state index is -0.675. The zero-order chi connectivity index (χ0) is 16.9. The van der Waals surface area contributed by atoms with Gasteiger partial charge in [0.1, 0.15) is 19.3 Å². The molecule has 6 nitrogen and oxygen atoms in total. The molecule has 0 radical (unpaired) electrons. The Labute approximate surface area is 139 Å². The molecule has 2 amide bonds. The lowest BCUT2D eigenvalue weighted by atomic mass is 10.2. The average Bonchev–Trinajstić information content (AvgIpc) is 2.62. The smallest absolute Gasteiger partial charge is 0.251 e. The topological polar surface area (TPSA) is 76.7 Å². The van der Waals surface area contributed by atoms with Crippen molar-refractivity contribution in [3.63, 3.8) is 0 Å². The first-order chi connectivity index (χ1) is 11.6. The van der Waals surface area contributed by atoms with Crippen molar-refractivity contribution in [2.75, 3.05) is 18.5 Å². The summed E-state index contributed by atoms with van der Waals surface area (Å²) >= 11 is 0. The van der Waals surface area contributed by atoms with E-state index in [9.17, 15) is 9.59 Å². The maximum Gasteiger partial charge on any atom is 0.251 e. The molecule has 1 aliphatic rings. The molecule has 0 fully saturated rings. The van der Waals surface area contributed by atoms with Crippen molar-refractivity contribution >= 4 is 17.5 Å². The number of carbonyl (C=O) groups is 2. The van der Waals surface area contributed by atoms with E-state index in [2.05, 4.69) is 10.6 Å². The van der Waals surface area contributed by atoms with Crippen molar-refractivity contribution in [1.82, 2.24) is 5.32 Å². The summed E-state index contributed by atoms with van der Waals surface area (Å²) in [5, 5.41) is 5.43. The fourth-order valence-electron chi connectivity index (χ4n) is 2.31. The van der Waals surface area contributed by atoms with Crippen molar-refractivity contribution in [3.05, 3.63) is 54.1 Å². The highest BCUT2D eigenvalue weighted by Crippen LogP contribution is 2.32. The maximum atomic E-state index is 12.2. The molecule has 0 aromatic heterocycles. The Bertz CT molecular complexity index is 746. The number of anilines is 1. The molecular formula is C18H18N2O4. The van der Waals surface area contributed by atoms with E-state index in [1.165, 1.54) is 0 Å². The lowest BCUT2D eigenvalue weighted by Gasteiger charge is -2.19. The highest BCUT2D eigenvalue weighted by Gasteiger charge is 2.18. The number of amides is 2. The van der Waals surface area contributed by atoms with Gasteiger partial charge in [-0.25, -0.2) is 0 Å². The van der Waals surface area contributed by atoms with E-state index < -0.39 is 6.04 Å². The van der Waals surface area contributed by atoms with Crippen LogP contribution in [0.4, 0.5) is 5.69 Å². The third-order valence-electron chi connectivity index (χ3n) is 3.59. The number of carbonyl (C=O) groups excluding carboxylic acids is 2. The molecule has 2 aromatic carbocycles. The van der Waals surface area contributed by atoms with E-state index >= 15 is 0 Å². The van der Waals surface area contributed by atoms with Crippen LogP contribution in [0, 0.1) is 0 Å². The number of rotatable bonds is 4. The van der Waals surface area contributed by atoms with Gasteiger partial charge in [0.25, 0.3) is 5.91 Å². The predicted octanol–water partition coefficient (Wildman–Crippen LogP) is 2.21. The minimum Gasteiger partial charge on any atom is -0.486 e. The monoisotopic (exact) mass is 326 g/mol. The highest BCUT2D eigenvalue weighted by atomic mass is 16.6. The van der Waals surface area contributed by atoms with Crippen LogP contribution < -0.4 is 20.1 Å². The molecule has 1 heterocycles. The molecule has 1 unspecified atom stereocenters. The van der Waals surface area contributed by atoms with E-state index in [4.69, 9.17) is 9.47 Å². The summed E-state index contributed by atoms with van der Waals surface area (Å²) in [5.41, 5.74) is 1.10. The number of hydrogen-bond acceptors (Lipinski definition) is 4. The number of fused-ring (bicyclic) bond motifs is 1. The second kappa shape index (κ2) is 7.04. The quantitative estimate of drug-likeness (QED) is 0.903. The van der Waals surface area contributed by atoms with Gasteiger partial charge in [0, 0.05) is 17.3 Å². The van der Waals surface area contributed by atoms with Gasteiger partial charge in [-0.1, -0.05) is 18.2 Å². The highest BCUT2D eigenvalue weighted by molar-refractivity contribution is 6.01. The van der Waals surface area contributed by atoms with Gasteiger partial charge in [-0.15, -0.1) is 0 Å². The molecule has 0 spiro atoms. The van der Waals surface area contributed by atoms with E-state index in [0.29, 0.717) is 36.0 Å². The Morgan fingerprint density at radius 1 is 1.00 bits per heavy atom. The SMILES string of the molecule is CC(NC(=O)c1ccccc1)C(=O)Nc1ccc2c(c1)OCCO2. The van der Waals surface area contributed by atoms with Gasteiger partial charge >= 0.3 is 0 Å². The normalized spacial score (nSPS) is 13.7. The summed E-state index contributed by atoms with van der Waals surface area (Å²) in [6.45, 7) is 2.63. The van der Waals surface area contributed by atoms with Crippen LogP contribution in [0.2, 0.25) is 0 Å². The first kappa shape index (κ1) is 15.9. The average molecular weight is 326 g/mol. The van der Waals surface area contributed by atoms with Crippen LogP contribution in [-0.2, 0) is 4.79 Å². The number of hydrogen-bond donors (Lipinski definition) is 2. The molecule has 2 N–H and O–H groups in total. The second-order valence-corrected chi connectivity index (χ2v) is 5.41. The molecule has 6 heteroatoms. The molecule has 1 aliphatic heterocycles. The van der Waals surface area contributed by atoms with Crippen LogP contribution in [0.15, 0.2) is 48.5 Å². The fraction of sp³-hybridized carbons (Fsp3) is 0.222. The Morgan fingerprint density at radius 2 is 1.71 bits per heavy atom. The van der Waals surface area contributed by atoms with Crippen LogP contribution >= 0.6 is 0 Å². The third kappa shape index (κ3) is 3.65. The predicted molar refractivity (Wildman–Crippen MR) is 89.4 cm³/mol. The van der Waals surface area contributed by atoms with Crippen LogP contribution in [-0.4, -0.2) is 31.1 Å². The molecule has 0 bridgehead atoms. The Morgan fingerprint density at radius 3 is 2.46 bits per heavy atom. The number of nitrogens with one attached hydrogen (secondary N) is 2. The van der Waals surface area contributed by atoms with E-state index in [-0.39, 0.29) is 11.8 Å². The third-order valence-corrected chi connectivity index (χ3v) is 3.59. The molecule has 124 valence electrons. The van der Waals surface area contributed by atoms with Crippen LogP contribution in [0.25, 0.3) is 0 Å². The standard InChI is InChI=1S/C18H18N2O4/c1-12(19-18(22)13-5-3-2-4-6-13)17(21)20-14-7-8-15-16(11-14)24-10-9-23-15/h2-8,11-12H,9-10H2,1H3,(H,19,22)(H,20,21). The van der Waals surface area contributed by atoms with Gasteiger partial charge in [-0.05, 0) is 31.2 Å². The van der Waals surface area contributed by atoms with Crippen molar-refractivity contribution in [2.24, 2.45) is 0 Å². The lowest BCUT2D eigenvalue weighted by Crippen LogP contribution is -2.41. The van der Waals surface area contributed by atoms with E-state index in [0.717, 1.165) is 0 Å². The zero-order valence-corrected chi connectivity index (χ0v) is 13.2. The largest absolute Gasteiger partial charge is 0.486 e. The summed E-state index contributed by atoms with van der Waals surface area (Å²) in [5.74, 6) is 0.654. The first-order valence-electron chi connectivity index (χ1n) is 7.70. The number of ether oxygens (including phenoxy) is 2. The summed E-state index contributed by atoms with van der Waals surface area (Å²) in [6, 6.07) is 13.3. The van der Waals surface area contributed by atoms with Gasteiger partial charge in [0.15, 0.2) is 11.5 Å². The first-order valence-corrected chi connectivity index (χ1v) is 7.70. The lowest BCUT2D eigenvalue weighted by molar-refractivity contribution is -0.117. The van der Waals surface area contributed by atoms with Crippen molar-refractivity contribution in [2.45, 2.75) is 13.0 Å². The summed E-state index contributed by atoms with van der Waals surface area (Å²) < 4.78 is 10.9. The van der Waals surface area contributed by atoms with Gasteiger partial charge in [0.05, 0.1) is 0 Å². The number of benzene rings is 2. The van der Waals surface area contributed by atoms with Crippen LogP contribution in [0.5, 0.6) is 11.5 Å². The van der Waals surface area contributed by atoms with Crippen LogP contribution in [0.1, 0.15) is 17.3 Å². The second-order valence-electron chi connectivity index (χ2n) is 5.41. The molecule has 3 rings (SSSR count). The molecule has 2 aromatic rings. The summed E-state index contributed by atoms with van der Waals surface area (Å²) in [6.07, 6.45) is 0. The van der Waals surface area contributed by atoms with Crippen molar-refractivity contribution in [1.29, 1.82) is 0 Å². The van der Waals surface area contributed by atoms with Crippen molar-refractivity contribution in [3.8, 4) is 11.5 Å². The van der Waals surface area contributed by atoms with Gasteiger partial charge in [-0.2, -0.15) is 0 Å². The summed E-state index contributed by atoms with van der Waals surface area (Å²) in [4.78, 5) is 24.3. The molecule has 0 saturated heterocycles. The fourth-order valence-corrected chi connectivity index (χ4v) is 2.31. The van der Waals surface area contributed by atoms with Crippen LogP contribution in [0.3, 0.4) is 0 Å². The minimum absolute atomic E-state index is 0.291. The molecule has 24 heavy (non-hydrogen) atoms. The molecule has 0 saturated carbocycles. The van der Waals surface area contributed by atoms with Gasteiger partial charge < -0.3 is 20.1 Å². The van der Waals surface area contributed by atoms with E-state index in [1.807, 2.05) is 6.07 Å². The maximum absolute atomic E-state index is 12.2. The zero-order valence-electron chi connectivity index (χ0n) is 13.2. The molecular weight excluding hydrogens is 308 g/mol. The Kier molecular flexibility index (Phi) is 4.65.